The zero-order valence-corrected chi connectivity index (χ0v) is 20.2. The molecule has 0 bridgehead atoms. The van der Waals surface area contributed by atoms with Crippen molar-refractivity contribution in [2.24, 2.45) is 0 Å². The zero-order valence-electron chi connectivity index (χ0n) is 20.2. The molecule has 6 rings (SSSR count). The van der Waals surface area contributed by atoms with E-state index in [4.69, 9.17) is 9.57 Å². The second-order valence-corrected chi connectivity index (χ2v) is 9.12. The van der Waals surface area contributed by atoms with Crippen molar-refractivity contribution in [3.05, 3.63) is 72.9 Å². The first kappa shape index (κ1) is 22.5. The molecule has 1 aliphatic rings. The summed E-state index contributed by atoms with van der Waals surface area (Å²) < 4.78 is 7.37. The van der Waals surface area contributed by atoms with Crippen LogP contribution < -0.4 is 20.9 Å². The maximum Gasteiger partial charge on any atom is 0.267 e. The molecule has 0 aliphatic carbocycles. The lowest BCUT2D eigenvalue weighted by atomic mass is 10.0. The van der Waals surface area contributed by atoms with Gasteiger partial charge in [0.05, 0.1) is 16.8 Å². The lowest BCUT2D eigenvalue weighted by Gasteiger charge is -2.21. The summed E-state index contributed by atoms with van der Waals surface area (Å²) in [6, 6.07) is 11.5. The van der Waals surface area contributed by atoms with Gasteiger partial charge in [-0.25, -0.2) is 9.97 Å². The molecule has 0 fully saturated rings. The molecule has 0 amide bonds. The van der Waals surface area contributed by atoms with Gasteiger partial charge < -0.3 is 25.3 Å². The minimum absolute atomic E-state index is 0.0484. The normalized spacial score (nSPS) is 14.4. The fourth-order valence-electron chi connectivity index (χ4n) is 3.94. The van der Waals surface area contributed by atoms with E-state index < -0.39 is 0 Å². The van der Waals surface area contributed by atoms with Crippen LogP contribution in [0.4, 0.5) is 17.2 Å². The summed E-state index contributed by atoms with van der Waals surface area (Å²) in [5.74, 6) is 1.07. The van der Waals surface area contributed by atoms with E-state index in [1.54, 1.807) is 12.3 Å². The lowest BCUT2D eigenvalue weighted by molar-refractivity contribution is 0.112. The number of rotatable bonds is 6. The van der Waals surface area contributed by atoms with Crippen molar-refractivity contribution in [2.45, 2.75) is 26.3 Å². The van der Waals surface area contributed by atoms with Gasteiger partial charge in [0, 0.05) is 16.8 Å². The van der Waals surface area contributed by atoms with Crippen LogP contribution in [0.25, 0.3) is 16.6 Å². The van der Waals surface area contributed by atoms with Crippen LogP contribution >= 0.6 is 0 Å². The molecule has 0 saturated heterocycles. The van der Waals surface area contributed by atoms with Crippen LogP contribution in [0.1, 0.15) is 19.4 Å². The van der Waals surface area contributed by atoms with E-state index in [0.29, 0.717) is 11.6 Å². The number of nitrogens with one attached hydrogen (secondary N) is 3. The van der Waals surface area contributed by atoms with Crippen molar-refractivity contribution in [3.63, 3.8) is 0 Å². The summed E-state index contributed by atoms with van der Waals surface area (Å²) in [6.45, 7) is 5.95. The molecule has 37 heavy (non-hydrogen) atoms. The Morgan fingerprint density at radius 1 is 1.03 bits per heavy atom. The van der Waals surface area contributed by atoms with Crippen molar-refractivity contribution < 1.29 is 14.7 Å². The standard InChI is InChI=1S/C25H23N9O3/c1-14-8-15(5-7-19(14)37-24-21(35)23-32-29-13-34(23)12-28-24)31-22-17-9-16(4-6-18(17)26-11-27-22)30-20-10-36-33-25(20,2)3/h4-13,30,33,35H,1-3H3,(H,26,27,31). The summed E-state index contributed by atoms with van der Waals surface area (Å²) in [7, 11) is 0. The average Bonchev–Trinajstić information content (AvgIpc) is 3.49. The topological polar surface area (TPSA) is 144 Å². The Morgan fingerprint density at radius 3 is 2.68 bits per heavy atom. The number of hydroxylamine groups is 1. The third-order valence-electron chi connectivity index (χ3n) is 6.01. The number of hydrogen-bond acceptors (Lipinski definition) is 11. The van der Waals surface area contributed by atoms with Crippen molar-refractivity contribution in [1.29, 1.82) is 0 Å². The van der Waals surface area contributed by atoms with Gasteiger partial charge >= 0.3 is 0 Å². The third kappa shape index (κ3) is 4.19. The Morgan fingerprint density at radius 2 is 1.86 bits per heavy atom. The first-order valence-electron chi connectivity index (χ1n) is 11.5. The average molecular weight is 498 g/mol. The Bertz CT molecular complexity index is 1680. The number of aromatic nitrogens is 6. The van der Waals surface area contributed by atoms with Crippen molar-refractivity contribution in [2.75, 3.05) is 10.6 Å². The lowest BCUT2D eigenvalue weighted by Crippen LogP contribution is -2.37. The molecule has 12 nitrogen and oxygen atoms in total. The van der Waals surface area contributed by atoms with E-state index in [0.717, 1.165) is 33.5 Å². The van der Waals surface area contributed by atoms with Crippen LogP contribution in [-0.2, 0) is 4.84 Å². The van der Waals surface area contributed by atoms with Gasteiger partial charge in [-0.1, -0.05) is 0 Å². The van der Waals surface area contributed by atoms with E-state index in [1.165, 1.54) is 23.4 Å². The maximum absolute atomic E-state index is 10.4. The highest BCUT2D eigenvalue weighted by molar-refractivity contribution is 5.93. The fraction of sp³-hybridized carbons (Fsp3) is 0.160. The van der Waals surface area contributed by atoms with Gasteiger partial charge in [0.1, 0.15) is 36.8 Å². The van der Waals surface area contributed by atoms with E-state index in [1.807, 2.05) is 51.1 Å². The number of aryl methyl sites for hydroxylation is 1. The van der Waals surface area contributed by atoms with Gasteiger partial charge in [-0.05, 0) is 62.7 Å². The predicted octanol–water partition coefficient (Wildman–Crippen LogP) is 4.18. The zero-order chi connectivity index (χ0) is 25.6. The monoisotopic (exact) mass is 497 g/mol. The summed E-state index contributed by atoms with van der Waals surface area (Å²) in [5.41, 5.74) is 7.12. The van der Waals surface area contributed by atoms with Gasteiger partial charge in [0.15, 0.2) is 0 Å². The molecule has 12 heteroatoms. The molecule has 0 spiro atoms. The van der Waals surface area contributed by atoms with Crippen molar-refractivity contribution >= 4 is 33.7 Å². The molecule has 186 valence electrons. The minimum Gasteiger partial charge on any atom is -0.500 e. The molecule has 4 N–H and O–H groups in total. The van der Waals surface area contributed by atoms with E-state index in [2.05, 4.69) is 41.3 Å². The number of ether oxygens (including phenoxy) is 1. The van der Waals surface area contributed by atoms with E-state index in [9.17, 15) is 5.11 Å². The largest absolute Gasteiger partial charge is 0.500 e. The number of anilines is 3. The van der Waals surface area contributed by atoms with Crippen LogP contribution in [0.3, 0.4) is 0 Å². The van der Waals surface area contributed by atoms with E-state index in [-0.39, 0.29) is 22.8 Å². The molecule has 1 aliphatic heterocycles. The van der Waals surface area contributed by atoms with Crippen LogP contribution in [0, 0.1) is 6.92 Å². The number of benzene rings is 2. The second-order valence-electron chi connectivity index (χ2n) is 9.12. The van der Waals surface area contributed by atoms with Crippen LogP contribution in [0.15, 0.2) is 67.3 Å². The molecular formula is C25H23N9O3. The number of nitrogens with zero attached hydrogens (tertiary/aromatic N) is 6. The van der Waals surface area contributed by atoms with Gasteiger partial charge in [0.2, 0.25) is 11.4 Å². The molecule has 0 unspecified atom stereocenters. The number of aromatic hydroxyl groups is 1. The third-order valence-corrected chi connectivity index (χ3v) is 6.01. The second kappa shape index (κ2) is 8.60. The highest BCUT2D eigenvalue weighted by atomic mass is 16.6. The first-order chi connectivity index (χ1) is 17.9. The SMILES string of the molecule is Cc1cc(Nc2ncnc3ccc(NC4=CONC4(C)C)cc23)ccc1Oc1ncn2cnnc2c1O. The Kier molecular flexibility index (Phi) is 5.23. The van der Waals surface area contributed by atoms with Gasteiger partial charge in [0.25, 0.3) is 5.88 Å². The molecule has 4 heterocycles. The molecule has 5 aromatic rings. The molecule has 0 atom stereocenters. The quantitative estimate of drug-likeness (QED) is 0.268. The molecule has 3 aromatic heterocycles. The number of hydrogen-bond donors (Lipinski definition) is 4. The summed E-state index contributed by atoms with van der Waals surface area (Å²) in [6.07, 6.45) is 6.12. The van der Waals surface area contributed by atoms with Crippen LogP contribution in [-0.4, -0.2) is 40.2 Å². The molecule has 2 aromatic carbocycles. The van der Waals surface area contributed by atoms with Gasteiger partial charge in [-0.2, -0.15) is 4.98 Å². The van der Waals surface area contributed by atoms with Crippen LogP contribution in [0.2, 0.25) is 0 Å². The summed E-state index contributed by atoms with van der Waals surface area (Å²) >= 11 is 0. The summed E-state index contributed by atoms with van der Waals surface area (Å²) in [5, 5.41) is 25.7. The molecular weight excluding hydrogens is 474 g/mol. The van der Waals surface area contributed by atoms with Crippen molar-refractivity contribution in [3.8, 4) is 17.4 Å². The van der Waals surface area contributed by atoms with Gasteiger partial charge in [-0.15, -0.1) is 15.7 Å². The Balaban J connectivity index is 1.25. The first-order valence-corrected chi connectivity index (χ1v) is 11.5. The Labute approximate surface area is 211 Å². The Hall–Kier alpha value is -4.97. The highest BCUT2D eigenvalue weighted by Crippen LogP contribution is 2.34. The molecule has 0 radical (unpaired) electrons. The highest BCUT2D eigenvalue weighted by Gasteiger charge is 2.29. The number of fused-ring (bicyclic) bond motifs is 2. The van der Waals surface area contributed by atoms with Crippen LogP contribution in [0.5, 0.6) is 17.4 Å². The van der Waals surface area contributed by atoms with Gasteiger partial charge in [-0.3, -0.25) is 4.40 Å². The smallest absolute Gasteiger partial charge is 0.267 e. The van der Waals surface area contributed by atoms with E-state index >= 15 is 0 Å². The summed E-state index contributed by atoms with van der Waals surface area (Å²) in [4.78, 5) is 18.3. The molecule has 0 saturated carbocycles. The van der Waals surface area contributed by atoms with Crippen molar-refractivity contribution in [1.82, 2.24) is 35.0 Å². The predicted molar refractivity (Wildman–Crippen MR) is 137 cm³/mol. The fourth-order valence-corrected chi connectivity index (χ4v) is 3.94. The maximum atomic E-state index is 10.4. The minimum atomic E-state index is -0.335.